The van der Waals surface area contributed by atoms with Gasteiger partial charge >= 0.3 is 0 Å². The average molecular weight is 166 g/mol. The van der Waals surface area contributed by atoms with Crippen molar-refractivity contribution >= 4 is 0 Å². The Hall–Kier alpha value is -0.560. The average Bonchev–Trinajstić information content (AvgIpc) is 2.07. The zero-order chi connectivity index (χ0) is 8.86. The lowest BCUT2D eigenvalue weighted by molar-refractivity contribution is -0.723. The van der Waals surface area contributed by atoms with Crippen molar-refractivity contribution in [3.05, 3.63) is 24.8 Å². The fourth-order valence-corrected chi connectivity index (χ4v) is 2.10. The van der Waals surface area contributed by atoms with Crippen LogP contribution in [0, 0.1) is 0 Å². The summed E-state index contributed by atoms with van der Waals surface area (Å²) in [6.45, 7) is 7.21. The zero-order valence-electron chi connectivity index (χ0n) is 8.05. The number of rotatable bonds is 3. The largest absolute Gasteiger partial charge is 0.338 e. The molecule has 0 aromatic heterocycles. The van der Waals surface area contributed by atoms with Gasteiger partial charge in [0, 0.05) is 12.8 Å². The quantitative estimate of drug-likeness (QED) is 0.614. The summed E-state index contributed by atoms with van der Waals surface area (Å²) < 4.78 is 0. The van der Waals surface area contributed by atoms with Gasteiger partial charge in [0.15, 0.2) is 0 Å². The van der Waals surface area contributed by atoms with Crippen LogP contribution in [0.1, 0.15) is 32.6 Å². The van der Waals surface area contributed by atoms with E-state index >= 15 is 0 Å². The number of hydrogen-bond acceptors (Lipinski definition) is 0. The summed E-state index contributed by atoms with van der Waals surface area (Å²) in [5.41, 5.74) is 0.356. The number of hydrogen-bond donors (Lipinski definition) is 1. The third-order valence-electron chi connectivity index (χ3n) is 2.67. The predicted octanol–water partition coefficient (Wildman–Crippen LogP) is 1.62. The monoisotopic (exact) mass is 166 g/mol. The van der Waals surface area contributed by atoms with Crippen LogP contribution >= 0.6 is 0 Å². The van der Waals surface area contributed by atoms with Crippen LogP contribution < -0.4 is 5.32 Å². The standard InChI is InChI=1S/C11H19N/c1-3-7-11(8-4-2)9-5-6-10-12-11/h3-4,8,12H,1,5-7,9-10H2,2H3/p+1/b8-4+/t11-/m0/s1. The lowest BCUT2D eigenvalue weighted by atomic mass is 9.85. The molecule has 0 amide bonds. The van der Waals surface area contributed by atoms with Crippen LogP contribution in [0.5, 0.6) is 0 Å². The first-order valence-corrected chi connectivity index (χ1v) is 4.92. The fourth-order valence-electron chi connectivity index (χ4n) is 2.10. The van der Waals surface area contributed by atoms with Crippen molar-refractivity contribution in [3.8, 4) is 0 Å². The van der Waals surface area contributed by atoms with Crippen LogP contribution in [-0.4, -0.2) is 12.1 Å². The molecule has 1 atom stereocenters. The molecule has 0 aromatic rings. The van der Waals surface area contributed by atoms with E-state index in [1.807, 2.05) is 6.08 Å². The van der Waals surface area contributed by atoms with E-state index in [1.165, 1.54) is 25.8 Å². The molecule has 0 radical (unpaired) electrons. The van der Waals surface area contributed by atoms with Gasteiger partial charge in [-0.3, -0.25) is 0 Å². The molecule has 0 spiro atoms. The Morgan fingerprint density at radius 2 is 2.33 bits per heavy atom. The molecule has 1 aliphatic rings. The minimum atomic E-state index is 0.356. The highest BCUT2D eigenvalue weighted by Crippen LogP contribution is 2.19. The molecule has 0 aliphatic carbocycles. The first kappa shape index (κ1) is 9.53. The van der Waals surface area contributed by atoms with E-state index in [4.69, 9.17) is 0 Å². The van der Waals surface area contributed by atoms with Gasteiger partial charge in [0.25, 0.3) is 0 Å². The normalized spacial score (nSPS) is 30.8. The van der Waals surface area contributed by atoms with Crippen LogP contribution in [0.25, 0.3) is 0 Å². The van der Waals surface area contributed by atoms with Gasteiger partial charge in [0.1, 0.15) is 5.54 Å². The van der Waals surface area contributed by atoms with Crippen LogP contribution in [0.15, 0.2) is 24.8 Å². The molecule has 0 aromatic carbocycles. The van der Waals surface area contributed by atoms with Crippen molar-refractivity contribution in [1.82, 2.24) is 0 Å². The molecule has 2 N–H and O–H groups in total. The fraction of sp³-hybridized carbons (Fsp3) is 0.636. The highest BCUT2D eigenvalue weighted by molar-refractivity contribution is 5.03. The third-order valence-corrected chi connectivity index (χ3v) is 2.67. The van der Waals surface area contributed by atoms with Gasteiger partial charge in [-0.1, -0.05) is 12.2 Å². The van der Waals surface area contributed by atoms with Gasteiger partial charge in [0.05, 0.1) is 6.54 Å². The van der Waals surface area contributed by atoms with Crippen LogP contribution in [-0.2, 0) is 0 Å². The minimum absolute atomic E-state index is 0.356. The lowest BCUT2D eigenvalue weighted by Gasteiger charge is -2.31. The first-order chi connectivity index (χ1) is 5.83. The lowest BCUT2D eigenvalue weighted by Crippen LogP contribution is -2.97. The van der Waals surface area contributed by atoms with Crippen molar-refractivity contribution < 1.29 is 5.32 Å². The van der Waals surface area contributed by atoms with E-state index < -0.39 is 0 Å². The molecule has 0 bridgehead atoms. The van der Waals surface area contributed by atoms with E-state index in [0.717, 1.165) is 6.42 Å². The van der Waals surface area contributed by atoms with E-state index in [9.17, 15) is 0 Å². The molecular weight excluding hydrogens is 146 g/mol. The summed E-state index contributed by atoms with van der Waals surface area (Å²) in [4.78, 5) is 0. The Labute approximate surface area is 75.6 Å². The molecule has 1 fully saturated rings. The van der Waals surface area contributed by atoms with Crippen molar-refractivity contribution in [2.45, 2.75) is 38.1 Å². The Balaban J connectivity index is 2.62. The highest BCUT2D eigenvalue weighted by atomic mass is 15.0. The number of piperidine rings is 1. The molecule has 1 rings (SSSR count). The summed E-state index contributed by atoms with van der Waals surface area (Å²) in [7, 11) is 0. The van der Waals surface area contributed by atoms with Crippen LogP contribution in [0.2, 0.25) is 0 Å². The Bertz CT molecular complexity index is 164. The summed E-state index contributed by atoms with van der Waals surface area (Å²) in [6, 6.07) is 0. The van der Waals surface area contributed by atoms with E-state index in [2.05, 4.69) is 31.0 Å². The number of nitrogens with two attached hydrogens (primary N) is 1. The van der Waals surface area contributed by atoms with Crippen molar-refractivity contribution in [1.29, 1.82) is 0 Å². The molecule has 1 heterocycles. The van der Waals surface area contributed by atoms with Crippen molar-refractivity contribution in [3.63, 3.8) is 0 Å². The van der Waals surface area contributed by atoms with Gasteiger partial charge in [0.2, 0.25) is 0 Å². The minimum Gasteiger partial charge on any atom is -0.338 e. The topological polar surface area (TPSA) is 16.6 Å². The maximum Gasteiger partial charge on any atom is 0.118 e. The zero-order valence-corrected chi connectivity index (χ0v) is 8.05. The molecule has 1 saturated heterocycles. The van der Waals surface area contributed by atoms with Gasteiger partial charge in [-0.25, -0.2) is 0 Å². The van der Waals surface area contributed by atoms with Crippen molar-refractivity contribution in [2.24, 2.45) is 0 Å². The molecular formula is C11H20N+. The van der Waals surface area contributed by atoms with Crippen LogP contribution in [0.4, 0.5) is 0 Å². The van der Waals surface area contributed by atoms with Gasteiger partial charge in [-0.2, -0.15) is 0 Å². The van der Waals surface area contributed by atoms with E-state index in [1.54, 1.807) is 0 Å². The summed E-state index contributed by atoms with van der Waals surface area (Å²) in [5.74, 6) is 0. The second kappa shape index (κ2) is 4.46. The molecule has 0 unspecified atom stereocenters. The Morgan fingerprint density at radius 1 is 1.50 bits per heavy atom. The molecule has 1 nitrogen and oxygen atoms in total. The second-order valence-electron chi connectivity index (χ2n) is 3.68. The molecule has 1 aliphatic heterocycles. The summed E-state index contributed by atoms with van der Waals surface area (Å²) >= 11 is 0. The molecule has 68 valence electrons. The maximum atomic E-state index is 3.83. The predicted molar refractivity (Wildman–Crippen MR) is 53.0 cm³/mol. The Kier molecular flexibility index (Phi) is 3.54. The second-order valence-corrected chi connectivity index (χ2v) is 3.68. The summed E-state index contributed by atoms with van der Waals surface area (Å²) in [6.07, 6.45) is 11.7. The van der Waals surface area contributed by atoms with E-state index in [-0.39, 0.29) is 0 Å². The van der Waals surface area contributed by atoms with Gasteiger partial charge < -0.3 is 5.32 Å². The van der Waals surface area contributed by atoms with Gasteiger partial charge in [-0.15, -0.1) is 6.58 Å². The maximum absolute atomic E-state index is 3.83. The smallest absolute Gasteiger partial charge is 0.118 e. The first-order valence-electron chi connectivity index (χ1n) is 4.92. The number of quaternary nitrogens is 1. The molecule has 12 heavy (non-hydrogen) atoms. The number of allylic oxidation sites excluding steroid dienone is 1. The molecule has 0 saturated carbocycles. The Morgan fingerprint density at radius 3 is 2.83 bits per heavy atom. The third kappa shape index (κ3) is 2.21. The summed E-state index contributed by atoms with van der Waals surface area (Å²) in [5, 5.41) is 2.47. The SMILES string of the molecule is C=CC[C@]1(/C=C/C)CCCC[NH2+]1. The van der Waals surface area contributed by atoms with Crippen molar-refractivity contribution in [2.75, 3.05) is 6.54 Å². The van der Waals surface area contributed by atoms with Crippen LogP contribution in [0.3, 0.4) is 0 Å². The molecule has 1 heteroatoms. The highest BCUT2D eigenvalue weighted by Gasteiger charge is 2.30. The van der Waals surface area contributed by atoms with E-state index in [0.29, 0.717) is 5.54 Å². The van der Waals surface area contributed by atoms with Gasteiger partial charge in [-0.05, 0) is 25.8 Å².